The van der Waals surface area contributed by atoms with E-state index in [1.807, 2.05) is 0 Å². The van der Waals surface area contributed by atoms with Crippen LogP contribution in [0.4, 0.5) is 0 Å². The van der Waals surface area contributed by atoms with E-state index in [9.17, 15) is 18.3 Å². The molecule has 1 aliphatic rings. The van der Waals surface area contributed by atoms with Crippen molar-refractivity contribution in [2.24, 2.45) is 0 Å². The molecule has 0 unspecified atom stereocenters. The summed E-state index contributed by atoms with van der Waals surface area (Å²) >= 11 is 0. The van der Waals surface area contributed by atoms with Gasteiger partial charge in [-0.1, -0.05) is 24.3 Å². The smallest absolute Gasteiger partial charge is 0.264 e. The van der Waals surface area contributed by atoms with Crippen molar-refractivity contribution in [3.8, 4) is 5.75 Å². The Labute approximate surface area is 128 Å². The maximum Gasteiger partial charge on any atom is 0.264 e. The number of rotatable bonds is 1. The highest BCUT2D eigenvalue weighted by molar-refractivity contribution is 7.89. The number of hydrogen-bond donors (Lipinski definition) is 1. The molecule has 5 nitrogen and oxygen atoms in total. The van der Waals surface area contributed by atoms with E-state index < -0.39 is 10.0 Å². The zero-order chi connectivity index (χ0) is 15.9. The number of sulfonamides is 1. The number of aromatic hydroxyl groups is 1. The van der Waals surface area contributed by atoms with Gasteiger partial charge in [0.2, 0.25) is 5.78 Å². The van der Waals surface area contributed by atoms with Crippen LogP contribution in [-0.4, -0.2) is 30.7 Å². The van der Waals surface area contributed by atoms with Crippen LogP contribution in [0.25, 0.3) is 6.08 Å². The quantitative estimate of drug-likeness (QED) is 0.819. The van der Waals surface area contributed by atoms with E-state index in [2.05, 4.69) is 0 Å². The fourth-order valence-corrected chi connectivity index (χ4v) is 3.70. The van der Waals surface area contributed by atoms with Crippen molar-refractivity contribution in [2.75, 3.05) is 7.05 Å². The Kier molecular flexibility index (Phi) is 3.26. The van der Waals surface area contributed by atoms with E-state index >= 15 is 0 Å². The van der Waals surface area contributed by atoms with Gasteiger partial charge in [0.25, 0.3) is 10.0 Å². The first kappa shape index (κ1) is 14.3. The summed E-state index contributed by atoms with van der Waals surface area (Å²) in [6, 6.07) is 12.3. The Bertz CT molecular complexity index is 883. The summed E-state index contributed by atoms with van der Waals surface area (Å²) in [5.74, 6) is -0.246. The third kappa shape index (κ3) is 2.17. The molecule has 3 rings (SSSR count). The molecule has 112 valence electrons. The van der Waals surface area contributed by atoms with Crippen LogP contribution < -0.4 is 0 Å². The molecule has 6 heteroatoms. The molecule has 0 radical (unpaired) electrons. The fourth-order valence-electron chi connectivity index (χ4n) is 2.32. The molecule has 1 N–H and O–H groups in total. The molecule has 0 spiro atoms. The number of carbonyl (C=O) groups excluding carboxylic acids is 1. The highest BCUT2D eigenvalue weighted by atomic mass is 32.2. The van der Waals surface area contributed by atoms with E-state index in [0.717, 1.165) is 4.31 Å². The average molecular weight is 315 g/mol. The number of phenols is 1. The topological polar surface area (TPSA) is 74.7 Å². The van der Waals surface area contributed by atoms with E-state index in [1.54, 1.807) is 24.3 Å². The second-order valence-corrected chi connectivity index (χ2v) is 6.86. The molecule has 2 aromatic rings. The van der Waals surface area contributed by atoms with Gasteiger partial charge in [0.05, 0.1) is 4.90 Å². The van der Waals surface area contributed by atoms with E-state index in [0.29, 0.717) is 5.56 Å². The largest absolute Gasteiger partial charge is 0.508 e. The molecular weight excluding hydrogens is 302 g/mol. The zero-order valence-corrected chi connectivity index (χ0v) is 12.5. The summed E-state index contributed by atoms with van der Waals surface area (Å²) < 4.78 is 26.0. The van der Waals surface area contributed by atoms with Crippen molar-refractivity contribution in [2.45, 2.75) is 4.90 Å². The van der Waals surface area contributed by atoms with Gasteiger partial charge in [-0.25, -0.2) is 8.42 Å². The Morgan fingerprint density at radius 1 is 1.05 bits per heavy atom. The highest BCUT2D eigenvalue weighted by Crippen LogP contribution is 2.31. The first-order valence-corrected chi connectivity index (χ1v) is 7.98. The minimum absolute atomic E-state index is 0.0188. The molecule has 0 bridgehead atoms. The lowest BCUT2D eigenvalue weighted by Gasteiger charge is -2.27. The normalized spacial score (nSPS) is 18.3. The Hall–Kier alpha value is -2.60. The van der Waals surface area contributed by atoms with Crippen molar-refractivity contribution in [3.05, 3.63) is 65.4 Å². The molecule has 0 atom stereocenters. The van der Waals surface area contributed by atoms with Gasteiger partial charge in [0.15, 0.2) is 0 Å². The Balaban J connectivity index is 2.18. The average Bonchev–Trinajstić information content (AvgIpc) is 2.52. The zero-order valence-electron chi connectivity index (χ0n) is 11.7. The maximum atomic E-state index is 12.6. The molecule has 0 fully saturated rings. The Morgan fingerprint density at radius 2 is 1.68 bits per heavy atom. The van der Waals surface area contributed by atoms with Crippen LogP contribution in [0, 0.1) is 0 Å². The lowest BCUT2D eigenvalue weighted by Crippen LogP contribution is -2.36. The monoisotopic (exact) mass is 315 g/mol. The standard InChI is InChI=1S/C16H13NO4S/c1-17-14(10-11-6-8-12(18)9-7-11)16(19)13-4-2-3-5-15(13)22(17,20)21/h2-10,18H,1H3. The molecule has 0 aliphatic carbocycles. The summed E-state index contributed by atoms with van der Waals surface area (Å²) in [4.78, 5) is 12.6. The van der Waals surface area contributed by atoms with Crippen molar-refractivity contribution >= 4 is 21.9 Å². The highest BCUT2D eigenvalue weighted by Gasteiger charge is 2.36. The molecule has 2 aromatic carbocycles. The minimum Gasteiger partial charge on any atom is -0.508 e. The van der Waals surface area contributed by atoms with Gasteiger partial charge in [-0.2, -0.15) is 0 Å². The van der Waals surface area contributed by atoms with Gasteiger partial charge in [0.1, 0.15) is 11.4 Å². The van der Waals surface area contributed by atoms with Crippen LogP contribution in [0.3, 0.4) is 0 Å². The summed E-state index contributed by atoms with van der Waals surface area (Å²) in [5, 5.41) is 9.29. The number of allylic oxidation sites excluding steroid dienone is 1. The predicted molar refractivity (Wildman–Crippen MR) is 81.8 cm³/mol. The molecule has 0 amide bonds. The lowest BCUT2D eigenvalue weighted by atomic mass is 10.1. The van der Waals surface area contributed by atoms with E-state index in [4.69, 9.17) is 0 Å². The number of likely N-dealkylation sites (N-methyl/N-ethyl adjacent to an activating group) is 1. The molecule has 0 saturated carbocycles. The summed E-state index contributed by atoms with van der Waals surface area (Å²) in [6.07, 6.45) is 1.50. The number of carbonyl (C=O) groups is 1. The summed E-state index contributed by atoms with van der Waals surface area (Å²) in [7, 11) is -2.38. The molecule has 0 saturated heterocycles. The number of fused-ring (bicyclic) bond motifs is 1. The van der Waals surface area contributed by atoms with Crippen LogP contribution >= 0.6 is 0 Å². The minimum atomic E-state index is -3.74. The van der Waals surface area contributed by atoms with Crippen LogP contribution in [0.1, 0.15) is 15.9 Å². The number of hydrogen-bond acceptors (Lipinski definition) is 4. The summed E-state index contributed by atoms with van der Waals surface area (Å²) in [6.45, 7) is 0. The Morgan fingerprint density at radius 3 is 2.36 bits per heavy atom. The van der Waals surface area contributed by atoms with Gasteiger partial charge < -0.3 is 5.11 Å². The number of benzene rings is 2. The van der Waals surface area contributed by atoms with Crippen molar-refractivity contribution in [1.29, 1.82) is 0 Å². The van der Waals surface area contributed by atoms with Gasteiger partial charge in [-0.05, 0) is 35.9 Å². The number of phenolic OH excluding ortho intramolecular Hbond substituents is 1. The van der Waals surface area contributed by atoms with Crippen LogP contribution in [0.15, 0.2) is 59.1 Å². The second-order valence-electron chi connectivity index (χ2n) is 4.92. The third-order valence-corrected chi connectivity index (χ3v) is 5.37. The number of ketones is 1. The van der Waals surface area contributed by atoms with Crippen LogP contribution in [-0.2, 0) is 10.0 Å². The molecule has 1 aliphatic heterocycles. The van der Waals surface area contributed by atoms with Gasteiger partial charge in [0, 0.05) is 12.6 Å². The van der Waals surface area contributed by atoms with Gasteiger partial charge in [-0.3, -0.25) is 9.10 Å². The summed E-state index contributed by atoms with van der Waals surface area (Å²) in [5.41, 5.74) is 0.873. The SMILES string of the molecule is CN1C(=Cc2ccc(O)cc2)C(=O)c2ccccc2S1(=O)=O. The first-order chi connectivity index (χ1) is 10.4. The lowest BCUT2D eigenvalue weighted by molar-refractivity contribution is 0.101. The van der Waals surface area contributed by atoms with Crippen molar-refractivity contribution in [1.82, 2.24) is 4.31 Å². The molecule has 22 heavy (non-hydrogen) atoms. The van der Waals surface area contributed by atoms with Crippen LogP contribution in [0.2, 0.25) is 0 Å². The van der Waals surface area contributed by atoms with Crippen molar-refractivity contribution < 1.29 is 18.3 Å². The van der Waals surface area contributed by atoms with Crippen LogP contribution in [0.5, 0.6) is 5.75 Å². The van der Waals surface area contributed by atoms with E-state index in [1.165, 1.54) is 37.4 Å². The van der Waals surface area contributed by atoms with Gasteiger partial charge >= 0.3 is 0 Å². The van der Waals surface area contributed by atoms with Gasteiger partial charge in [-0.15, -0.1) is 0 Å². The van der Waals surface area contributed by atoms with E-state index in [-0.39, 0.29) is 27.7 Å². The molecular formula is C16H13NO4S. The first-order valence-electron chi connectivity index (χ1n) is 6.54. The second kappa shape index (κ2) is 4.99. The molecule has 0 aromatic heterocycles. The third-order valence-electron chi connectivity index (χ3n) is 3.54. The number of Topliss-reactive ketones (excluding diaryl/α,β-unsaturated/α-hetero) is 1. The molecule has 1 heterocycles. The van der Waals surface area contributed by atoms with Crippen molar-refractivity contribution in [3.63, 3.8) is 0 Å². The fraction of sp³-hybridized carbons (Fsp3) is 0.0625. The predicted octanol–water partition coefficient (Wildman–Crippen LogP) is 2.25. The number of nitrogens with zero attached hydrogens (tertiary/aromatic N) is 1. The maximum absolute atomic E-state index is 12.6.